The highest BCUT2D eigenvalue weighted by molar-refractivity contribution is 5.93. The number of oxazole rings is 1. The van der Waals surface area contributed by atoms with Crippen molar-refractivity contribution in [2.45, 2.75) is 57.8 Å². The van der Waals surface area contributed by atoms with Gasteiger partial charge in [-0.05, 0) is 32.6 Å². The topological polar surface area (TPSA) is 75.9 Å². The summed E-state index contributed by atoms with van der Waals surface area (Å²) in [5.41, 5.74) is 0.428. The normalized spacial score (nSPS) is 22.5. The Kier molecular flexibility index (Phi) is 5.99. The zero-order valence-corrected chi connectivity index (χ0v) is 16.8. The Morgan fingerprint density at radius 1 is 0.929 bits per heavy atom. The van der Waals surface area contributed by atoms with Crippen LogP contribution < -0.4 is 0 Å². The molecule has 3 aliphatic rings. The van der Waals surface area contributed by atoms with E-state index in [1.54, 1.807) is 4.90 Å². The second-order valence-electron chi connectivity index (χ2n) is 8.30. The third kappa shape index (κ3) is 4.09. The number of ether oxygens (including phenoxy) is 1. The van der Waals surface area contributed by atoms with E-state index in [9.17, 15) is 9.59 Å². The second kappa shape index (κ2) is 8.64. The smallest absolute Gasteiger partial charge is 0.276 e. The lowest BCUT2D eigenvalue weighted by atomic mass is 9.87. The van der Waals surface area contributed by atoms with Crippen LogP contribution in [0.4, 0.5) is 0 Å². The molecule has 1 aliphatic carbocycles. The molecule has 1 aromatic heterocycles. The van der Waals surface area contributed by atoms with E-state index in [1.165, 1.54) is 19.3 Å². The van der Waals surface area contributed by atoms with E-state index in [0.717, 1.165) is 38.8 Å². The molecule has 0 atom stereocenters. The van der Waals surface area contributed by atoms with Crippen LogP contribution in [0.5, 0.6) is 0 Å². The van der Waals surface area contributed by atoms with E-state index in [0.29, 0.717) is 49.6 Å². The van der Waals surface area contributed by atoms with Crippen LogP contribution in [-0.2, 0) is 9.53 Å². The fraction of sp³-hybridized carbons (Fsp3) is 0.762. The highest BCUT2D eigenvalue weighted by Gasteiger charge is 2.32. The van der Waals surface area contributed by atoms with Crippen LogP contribution in [0.25, 0.3) is 0 Å². The Hall–Kier alpha value is -1.89. The predicted octanol–water partition coefficient (Wildman–Crippen LogP) is 2.74. The summed E-state index contributed by atoms with van der Waals surface area (Å²) >= 11 is 0. The highest BCUT2D eigenvalue weighted by Crippen LogP contribution is 2.32. The number of piperidine rings is 1. The van der Waals surface area contributed by atoms with Crippen molar-refractivity contribution in [3.63, 3.8) is 0 Å². The van der Waals surface area contributed by atoms with Gasteiger partial charge in [-0.2, -0.15) is 0 Å². The van der Waals surface area contributed by atoms with Crippen LogP contribution >= 0.6 is 0 Å². The zero-order chi connectivity index (χ0) is 19.5. The van der Waals surface area contributed by atoms with Crippen molar-refractivity contribution in [2.24, 2.45) is 5.92 Å². The number of hydrogen-bond donors (Lipinski definition) is 0. The first-order valence-electron chi connectivity index (χ1n) is 10.8. The Morgan fingerprint density at radius 3 is 2.29 bits per heavy atom. The van der Waals surface area contributed by atoms with Gasteiger partial charge in [0.05, 0.1) is 13.2 Å². The summed E-state index contributed by atoms with van der Waals surface area (Å²) in [6.45, 7) is 5.67. The molecule has 7 heteroatoms. The molecule has 1 aromatic rings. The lowest BCUT2D eigenvalue weighted by Gasteiger charge is -2.34. The minimum absolute atomic E-state index is 0.0688. The maximum atomic E-state index is 12.7. The Bertz CT molecular complexity index is 697. The van der Waals surface area contributed by atoms with Gasteiger partial charge in [-0.25, -0.2) is 4.98 Å². The maximum Gasteiger partial charge on any atom is 0.276 e. The summed E-state index contributed by atoms with van der Waals surface area (Å²) in [7, 11) is 0. The fourth-order valence-electron chi connectivity index (χ4n) is 4.66. The van der Waals surface area contributed by atoms with Crippen LogP contribution in [-0.4, -0.2) is 66.0 Å². The van der Waals surface area contributed by atoms with E-state index < -0.39 is 0 Å². The predicted molar refractivity (Wildman–Crippen MR) is 103 cm³/mol. The number of rotatable bonds is 3. The molecule has 3 heterocycles. The molecule has 1 saturated carbocycles. The number of amides is 2. The van der Waals surface area contributed by atoms with Crippen LogP contribution in [0.1, 0.15) is 73.0 Å². The van der Waals surface area contributed by atoms with E-state index in [1.807, 2.05) is 11.8 Å². The van der Waals surface area contributed by atoms with Gasteiger partial charge < -0.3 is 19.0 Å². The Labute approximate surface area is 166 Å². The summed E-state index contributed by atoms with van der Waals surface area (Å²) in [6.07, 6.45) is 7.42. The SMILES string of the molecule is Cc1oc(C2CCN(C(=O)C3CCCCC3)CC2)nc1C(=O)N1CCOCC1. The number of carbonyl (C=O) groups is 2. The fourth-order valence-corrected chi connectivity index (χ4v) is 4.66. The molecule has 0 aromatic carbocycles. The summed E-state index contributed by atoms with van der Waals surface area (Å²) in [5, 5.41) is 0. The second-order valence-corrected chi connectivity index (χ2v) is 8.30. The summed E-state index contributed by atoms with van der Waals surface area (Å²) in [6, 6.07) is 0. The average Bonchev–Trinajstić information content (AvgIpc) is 3.15. The van der Waals surface area contributed by atoms with Gasteiger partial charge in [0.1, 0.15) is 5.76 Å². The van der Waals surface area contributed by atoms with Crippen molar-refractivity contribution in [3.8, 4) is 0 Å². The molecule has 3 fully saturated rings. The van der Waals surface area contributed by atoms with E-state index in [4.69, 9.17) is 9.15 Å². The van der Waals surface area contributed by atoms with Gasteiger partial charge in [0, 0.05) is 38.0 Å². The van der Waals surface area contributed by atoms with Gasteiger partial charge in [0.25, 0.3) is 5.91 Å². The number of hydrogen-bond acceptors (Lipinski definition) is 5. The Balaban J connectivity index is 1.35. The molecular weight excluding hydrogens is 358 g/mol. The lowest BCUT2D eigenvalue weighted by Crippen LogP contribution is -2.42. The van der Waals surface area contributed by atoms with Crippen LogP contribution in [0.2, 0.25) is 0 Å². The van der Waals surface area contributed by atoms with Crippen LogP contribution in [0.3, 0.4) is 0 Å². The molecule has 0 unspecified atom stereocenters. The van der Waals surface area contributed by atoms with Crippen molar-refractivity contribution in [2.75, 3.05) is 39.4 Å². The first kappa shape index (κ1) is 19.4. The molecule has 154 valence electrons. The number of aromatic nitrogens is 1. The van der Waals surface area contributed by atoms with Crippen LogP contribution in [0.15, 0.2) is 4.42 Å². The molecule has 0 bridgehead atoms. The van der Waals surface area contributed by atoms with Gasteiger partial charge in [-0.3, -0.25) is 9.59 Å². The van der Waals surface area contributed by atoms with Crippen molar-refractivity contribution in [3.05, 3.63) is 17.3 Å². The number of nitrogens with zero attached hydrogens (tertiary/aromatic N) is 3. The minimum Gasteiger partial charge on any atom is -0.445 e. The number of likely N-dealkylation sites (tertiary alicyclic amines) is 1. The number of morpholine rings is 1. The lowest BCUT2D eigenvalue weighted by molar-refractivity contribution is -0.137. The van der Waals surface area contributed by atoms with Crippen molar-refractivity contribution in [1.29, 1.82) is 0 Å². The van der Waals surface area contributed by atoms with Gasteiger partial charge >= 0.3 is 0 Å². The van der Waals surface area contributed by atoms with Gasteiger partial charge in [-0.15, -0.1) is 0 Å². The van der Waals surface area contributed by atoms with Gasteiger partial charge in [0.2, 0.25) is 5.91 Å². The molecule has 7 nitrogen and oxygen atoms in total. The summed E-state index contributed by atoms with van der Waals surface area (Å²) < 4.78 is 11.2. The monoisotopic (exact) mass is 389 g/mol. The largest absolute Gasteiger partial charge is 0.445 e. The average molecular weight is 389 g/mol. The molecular formula is C21H31N3O4. The molecule has 4 rings (SSSR count). The molecule has 28 heavy (non-hydrogen) atoms. The molecule has 0 radical (unpaired) electrons. The Morgan fingerprint density at radius 2 is 1.61 bits per heavy atom. The van der Waals surface area contributed by atoms with Crippen LogP contribution in [0, 0.1) is 12.8 Å². The molecule has 2 saturated heterocycles. The highest BCUT2D eigenvalue weighted by atomic mass is 16.5. The molecule has 2 aliphatic heterocycles. The van der Waals surface area contributed by atoms with Gasteiger partial charge in [0.15, 0.2) is 11.6 Å². The van der Waals surface area contributed by atoms with E-state index in [-0.39, 0.29) is 17.7 Å². The molecule has 2 amide bonds. The first-order chi connectivity index (χ1) is 13.6. The summed E-state index contributed by atoms with van der Waals surface area (Å²) in [4.78, 5) is 33.9. The maximum absolute atomic E-state index is 12.7. The third-order valence-corrected chi connectivity index (χ3v) is 6.42. The molecule has 0 spiro atoms. The quantitative estimate of drug-likeness (QED) is 0.795. The third-order valence-electron chi connectivity index (χ3n) is 6.42. The molecule has 0 N–H and O–H groups in total. The van der Waals surface area contributed by atoms with E-state index >= 15 is 0 Å². The summed E-state index contributed by atoms with van der Waals surface area (Å²) in [5.74, 6) is 1.92. The van der Waals surface area contributed by atoms with Crippen molar-refractivity contribution < 1.29 is 18.7 Å². The van der Waals surface area contributed by atoms with Crippen molar-refractivity contribution >= 4 is 11.8 Å². The van der Waals surface area contributed by atoms with E-state index in [2.05, 4.69) is 4.98 Å². The number of aryl methyl sites for hydroxylation is 1. The standard InChI is InChI=1S/C21H31N3O4/c1-15-18(21(26)24-11-13-27-14-12-24)22-19(28-15)16-7-9-23(10-8-16)20(25)17-5-3-2-4-6-17/h16-17H,2-14H2,1H3. The zero-order valence-electron chi connectivity index (χ0n) is 16.8. The minimum atomic E-state index is -0.0688. The van der Waals surface area contributed by atoms with Gasteiger partial charge in [-0.1, -0.05) is 19.3 Å². The van der Waals surface area contributed by atoms with Crippen molar-refractivity contribution in [1.82, 2.24) is 14.8 Å². The first-order valence-corrected chi connectivity index (χ1v) is 10.8. The number of carbonyl (C=O) groups excluding carboxylic acids is 2.